The lowest BCUT2D eigenvalue weighted by Crippen LogP contribution is -2.48. The number of H-pyrrole nitrogens is 1. The maximum atomic E-state index is 12.7. The van der Waals surface area contributed by atoms with Crippen LogP contribution in [0.5, 0.6) is 0 Å². The van der Waals surface area contributed by atoms with Gasteiger partial charge in [-0.1, -0.05) is 13.8 Å². The van der Waals surface area contributed by atoms with Crippen LogP contribution in [-0.4, -0.2) is 65.1 Å². The van der Waals surface area contributed by atoms with Gasteiger partial charge in [0.05, 0.1) is 18.2 Å². The molecule has 0 aliphatic carbocycles. The highest BCUT2D eigenvalue weighted by Crippen LogP contribution is 2.32. The predicted octanol–water partition coefficient (Wildman–Crippen LogP) is 1.73. The van der Waals surface area contributed by atoms with Crippen LogP contribution in [0.3, 0.4) is 0 Å². The second-order valence-corrected chi connectivity index (χ2v) is 5.87. The lowest BCUT2D eigenvalue weighted by molar-refractivity contribution is -0.0369. The number of carbonyl (C=O) groups excluding carboxylic acids is 1. The molecule has 0 aromatic carbocycles. The van der Waals surface area contributed by atoms with Gasteiger partial charge in [0.2, 0.25) is 0 Å². The molecule has 1 aromatic rings. The minimum atomic E-state index is 0.107. The van der Waals surface area contributed by atoms with Crippen molar-refractivity contribution in [1.82, 2.24) is 14.8 Å². The first-order chi connectivity index (χ1) is 10.3. The number of aromatic nitrogens is 1. The summed E-state index contributed by atoms with van der Waals surface area (Å²) in [5, 5.41) is 0. The average Bonchev–Trinajstić information content (AvgIpc) is 3.16. The Bertz CT molecular complexity index is 470. The van der Waals surface area contributed by atoms with Gasteiger partial charge in [0.15, 0.2) is 0 Å². The second kappa shape index (κ2) is 6.20. The number of likely N-dealkylation sites (N-methyl/N-ethyl adjacent to an activating group) is 1. The van der Waals surface area contributed by atoms with E-state index in [0.717, 1.165) is 39.1 Å². The fourth-order valence-corrected chi connectivity index (χ4v) is 3.80. The molecule has 2 fully saturated rings. The van der Waals surface area contributed by atoms with Gasteiger partial charge >= 0.3 is 0 Å². The van der Waals surface area contributed by atoms with Crippen LogP contribution in [-0.2, 0) is 4.74 Å². The van der Waals surface area contributed by atoms with E-state index in [1.807, 2.05) is 17.0 Å². The van der Waals surface area contributed by atoms with Gasteiger partial charge in [-0.2, -0.15) is 0 Å². The van der Waals surface area contributed by atoms with Gasteiger partial charge in [-0.15, -0.1) is 0 Å². The minimum Gasteiger partial charge on any atom is -0.374 e. The Kier molecular flexibility index (Phi) is 4.31. The van der Waals surface area contributed by atoms with Crippen molar-refractivity contribution < 1.29 is 9.53 Å². The molecule has 0 bridgehead atoms. The Morgan fingerprint density at radius 2 is 2.29 bits per heavy atom. The standard InChI is InChI=1S/C16H25N3O2/c1-3-18(4-2)14-11-19(13-8-6-10-21-15(13)14)16(20)12-7-5-9-17-12/h5,7,9,13-15,17H,3-4,6,8,10-11H2,1-2H3/t13-,14-,15+/m1/s1. The maximum Gasteiger partial charge on any atom is 0.270 e. The van der Waals surface area contributed by atoms with Crippen molar-refractivity contribution in [3.63, 3.8) is 0 Å². The summed E-state index contributed by atoms with van der Waals surface area (Å²) in [6, 6.07) is 4.27. The first-order valence-electron chi connectivity index (χ1n) is 8.06. The van der Waals surface area contributed by atoms with Crippen molar-refractivity contribution in [2.45, 2.75) is 44.9 Å². The smallest absolute Gasteiger partial charge is 0.270 e. The number of hydrogen-bond acceptors (Lipinski definition) is 3. The third-order valence-electron chi connectivity index (χ3n) is 4.87. The Hall–Kier alpha value is -1.33. The third-order valence-corrected chi connectivity index (χ3v) is 4.87. The SMILES string of the molecule is CCN(CC)[C@@H]1CN(C(=O)c2ccc[nH]2)[C@@H]2CCCO[C@H]12. The molecule has 0 unspecified atom stereocenters. The number of ether oxygens (including phenoxy) is 1. The Morgan fingerprint density at radius 1 is 1.48 bits per heavy atom. The van der Waals surface area contributed by atoms with Crippen molar-refractivity contribution >= 4 is 5.91 Å². The number of likely N-dealkylation sites (tertiary alicyclic amines) is 1. The van der Waals surface area contributed by atoms with Gasteiger partial charge in [-0.25, -0.2) is 0 Å². The molecule has 5 heteroatoms. The molecule has 0 spiro atoms. The fourth-order valence-electron chi connectivity index (χ4n) is 3.80. The van der Waals surface area contributed by atoms with Crippen LogP contribution in [0.2, 0.25) is 0 Å². The van der Waals surface area contributed by atoms with Crippen molar-refractivity contribution in [2.75, 3.05) is 26.2 Å². The number of hydrogen-bond donors (Lipinski definition) is 1. The van der Waals surface area contributed by atoms with E-state index >= 15 is 0 Å². The van der Waals surface area contributed by atoms with Crippen molar-refractivity contribution in [2.24, 2.45) is 0 Å². The normalized spacial score (nSPS) is 28.9. The van der Waals surface area contributed by atoms with Crippen LogP contribution in [0.25, 0.3) is 0 Å². The first-order valence-corrected chi connectivity index (χ1v) is 8.06. The molecule has 2 saturated heterocycles. The molecule has 0 saturated carbocycles. The summed E-state index contributed by atoms with van der Waals surface area (Å²) in [5.41, 5.74) is 0.680. The van der Waals surface area contributed by atoms with Crippen LogP contribution in [0.1, 0.15) is 37.2 Å². The summed E-state index contributed by atoms with van der Waals surface area (Å²) in [6.07, 6.45) is 4.06. The quantitative estimate of drug-likeness (QED) is 0.919. The van der Waals surface area contributed by atoms with Crippen LogP contribution < -0.4 is 0 Å². The molecular weight excluding hydrogens is 266 g/mol. The number of nitrogens with zero attached hydrogens (tertiary/aromatic N) is 2. The second-order valence-electron chi connectivity index (χ2n) is 5.87. The number of amides is 1. The molecule has 2 aliphatic rings. The third kappa shape index (κ3) is 2.60. The fraction of sp³-hybridized carbons (Fsp3) is 0.688. The summed E-state index contributed by atoms with van der Waals surface area (Å²) in [4.78, 5) is 20.2. The molecule has 1 N–H and O–H groups in total. The van der Waals surface area contributed by atoms with Crippen molar-refractivity contribution in [3.05, 3.63) is 24.0 Å². The Labute approximate surface area is 126 Å². The van der Waals surface area contributed by atoms with Gasteiger partial charge < -0.3 is 14.6 Å². The van der Waals surface area contributed by atoms with Crippen molar-refractivity contribution in [3.8, 4) is 0 Å². The topological polar surface area (TPSA) is 48.6 Å². The van der Waals surface area contributed by atoms with Gasteiger partial charge in [-0.3, -0.25) is 9.69 Å². The van der Waals surface area contributed by atoms with E-state index in [1.165, 1.54) is 0 Å². The minimum absolute atomic E-state index is 0.107. The zero-order valence-electron chi connectivity index (χ0n) is 12.9. The maximum absolute atomic E-state index is 12.7. The molecule has 1 amide bonds. The molecular formula is C16H25N3O2. The number of fused-ring (bicyclic) bond motifs is 1. The molecule has 116 valence electrons. The van der Waals surface area contributed by atoms with E-state index in [2.05, 4.69) is 23.7 Å². The Balaban J connectivity index is 1.83. The largest absolute Gasteiger partial charge is 0.374 e. The zero-order chi connectivity index (χ0) is 14.8. The Morgan fingerprint density at radius 3 is 2.95 bits per heavy atom. The number of aromatic amines is 1. The highest BCUT2D eigenvalue weighted by atomic mass is 16.5. The molecule has 3 heterocycles. The molecule has 1 aromatic heterocycles. The molecule has 0 radical (unpaired) electrons. The van der Waals surface area contributed by atoms with Gasteiger partial charge in [0, 0.05) is 19.3 Å². The van der Waals surface area contributed by atoms with Gasteiger partial charge in [0.25, 0.3) is 5.91 Å². The summed E-state index contributed by atoms with van der Waals surface area (Å²) in [5.74, 6) is 0.107. The van der Waals surface area contributed by atoms with Gasteiger partial charge in [0.1, 0.15) is 5.69 Å². The molecule has 3 rings (SSSR count). The molecule has 5 nitrogen and oxygen atoms in total. The molecule has 21 heavy (non-hydrogen) atoms. The van der Waals surface area contributed by atoms with Crippen LogP contribution in [0.15, 0.2) is 18.3 Å². The highest BCUT2D eigenvalue weighted by molar-refractivity contribution is 5.93. The molecule has 2 aliphatic heterocycles. The number of rotatable bonds is 4. The van der Waals surface area contributed by atoms with E-state index in [1.54, 1.807) is 6.20 Å². The predicted molar refractivity (Wildman–Crippen MR) is 81.3 cm³/mol. The lowest BCUT2D eigenvalue weighted by atomic mass is 10.00. The lowest BCUT2D eigenvalue weighted by Gasteiger charge is -2.34. The van der Waals surface area contributed by atoms with E-state index in [-0.39, 0.29) is 18.1 Å². The van der Waals surface area contributed by atoms with E-state index < -0.39 is 0 Å². The monoisotopic (exact) mass is 291 g/mol. The van der Waals surface area contributed by atoms with Gasteiger partial charge in [-0.05, 0) is 38.1 Å². The zero-order valence-corrected chi connectivity index (χ0v) is 12.9. The molecule has 3 atom stereocenters. The van der Waals surface area contributed by atoms with E-state index in [9.17, 15) is 4.79 Å². The average molecular weight is 291 g/mol. The highest BCUT2D eigenvalue weighted by Gasteiger charge is 2.47. The first kappa shape index (κ1) is 14.6. The summed E-state index contributed by atoms with van der Waals surface area (Å²) in [7, 11) is 0. The van der Waals surface area contributed by atoms with Crippen molar-refractivity contribution in [1.29, 1.82) is 0 Å². The van der Waals surface area contributed by atoms with E-state index in [4.69, 9.17) is 4.74 Å². The summed E-state index contributed by atoms with van der Waals surface area (Å²) < 4.78 is 6.05. The number of nitrogens with one attached hydrogen (secondary N) is 1. The number of carbonyl (C=O) groups is 1. The summed E-state index contributed by atoms with van der Waals surface area (Å²) >= 11 is 0. The summed E-state index contributed by atoms with van der Waals surface area (Å²) in [6.45, 7) is 7.95. The van der Waals surface area contributed by atoms with Crippen LogP contribution in [0.4, 0.5) is 0 Å². The van der Waals surface area contributed by atoms with Crippen LogP contribution >= 0.6 is 0 Å². The van der Waals surface area contributed by atoms with Crippen LogP contribution in [0, 0.1) is 0 Å². The van der Waals surface area contributed by atoms with E-state index in [0.29, 0.717) is 11.7 Å².